The molecule has 0 heterocycles. The van der Waals surface area contributed by atoms with Crippen molar-refractivity contribution in [2.24, 2.45) is 5.92 Å². The molecule has 0 bridgehead atoms. The van der Waals surface area contributed by atoms with Gasteiger partial charge >= 0.3 is 0 Å². The fraction of sp³-hybridized carbons (Fsp3) is 1.00. The quantitative estimate of drug-likeness (QED) is 0.517. The Morgan fingerprint density at radius 1 is 1.00 bits per heavy atom. The lowest BCUT2D eigenvalue weighted by Gasteiger charge is -2.19. The van der Waals surface area contributed by atoms with Gasteiger partial charge in [-0.05, 0) is 12.8 Å². The van der Waals surface area contributed by atoms with Crippen LogP contribution in [0.2, 0.25) is 0 Å². The maximum absolute atomic E-state index is 11.9. The van der Waals surface area contributed by atoms with Gasteiger partial charge in [0.2, 0.25) is 6.43 Å². The summed E-state index contributed by atoms with van der Waals surface area (Å²) in [4.78, 5) is 0. The van der Waals surface area contributed by atoms with Gasteiger partial charge in [0.15, 0.2) is 0 Å². The third kappa shape index (κ3) is 1.92. The maximum atomic E-state index is 11.9. The van der Waals surface area contributed by atoms with Crippen LogP contribution in [-0.2, 0) is 0 Å². The van der Waals surface area contributed by atoms with E-state index in [2.05, 4.69) is 0 Å². The van der Waals surface area contributed by atoms with Gasteiger partial charge in [-0.25, -0.2) is 8.78 Å². The lowest BCUT2D eigenvalue weighted by atomic mass is 9.90. The van der Waals surface area contributed by atoms with E-state index >= 15 is 0 Å². The van der Waals surface area contributed by atoms with Crippen LogP contribution in [0, 0.1) is 5.92 Å². The van der Waals surface area contributed by atoms with Crippen LogP contribution < -0.4 is 0 Å². The van der Waals surface area contributed by atoms with Gasteiger partial charge in [-0.1, -0.05) is 19.3 Å². The summed E-state index contributed by atoms with van der Waals surface area (Å²) in [6.07, 6.45) is 2.60. The molecule has 0 aromatic carbocycles. The highest BCUT2D eigenvalue weighted by Crippen LogP contribution is 2.28. The molecule has 0 N–H and O–H groups in total. The molecule has 0 unspecified atom stereocenters. The number of alkyl halides is 2. The summed E-state index contributed by atoms with van der Waals surface area (Å²) in [6.45, 7) is 0. The zero-order valence-corrected chi connectivity index (χ0v) is 5.45. The van der Waals surface area contributed by atoms with Gasteiger partial charge in [0.25, 0.3) is 0 Å². The highest BCUT2D eigenvalue weighted by atomic mass is 19.3. The Labute approximate surface area is 54.3 Å². The van der Waals surface area contributed by atoms with Crippen molar-refractivity contribution in [3.8, 4) is 0 Å². The van der Waals surface area contributed by atoms with E-state index in [9.17, 15) is 8.78 Å². The van der Waals surface area contributed by atoms with E-state index in [1.807, 2.05) is 0 Å². The molecular weight excluding hydrogens is 122 g/mol. The molecule has 0 amide bonds. The molecule has 2 heteroatoms. The molecule has 1 aliphatic carbocycles. The minimum Gasteiger partial charge on any atom is -0.210 e. The Bertz CT molecular complexity index is 75.0. The summed E-state index contributed by atoms with van der Waals surface area (Å²) in [6, 6.07) is 0. The Morgan fingerprint density at radius 2 is 1.56 bits per heavy atom. The Morgan fingerprint density at radius 3 is 1.89 bits per heavy atom. The van der Waals surface area contributed by atoms with Gasteiger partial charge in [-0.15, -0.1) is 0 Å². The molecule has 1 rings (SSSR count). The third-order valence-corrected chi connectivity index (χ3v) is 2.01. The second-order valence-electron chi connectivity index (χ2n) is 2.73. The van der Waals surface area contributed by atoms with Crippen molar-refractivity contribution in [3.05, 3.63) is 0 Å². The highest BCUT2D eigenvalue weighted by Gasteiger charge is 2.21. The number of rotatable bonds is 1. The first kappa shape index (κ1) is 6.97. The topological polar surface area (TPSA) is 0 Å². The zero-order chi connectivity index (χ0) is 6.69. The van der Waals surface area contributed by atoms with Crippen LogP contribution in [0.15, 0.2) is 0 Å². The second-order valence-corrected chi connectivity index (χ2v) is 2.73. The van der Waals surface area contributed by atoms with Crippen molar-refractivity contribution in [1.29, 1.82) is 0 Å². The standard InChI is InChI=1S/C7H12F2/c8-7(9)6-4-2-1-3-5-6/h6-7H,1-5H2. The van der Waals surface area contributed by atoms with Crippen LogP contribution in [-0.4, -0.2) is 6.43 Å². The molecule has 0 spiro atoms. The van der Waals surface area contributed by atoms with Gasteiger partial charge in [0, 0.05) is 5.92 Å². The van der Waals surface area contributed by atoms with E-state index in [0.29, 0.717) is 0 Å². The SMILES string of the molecule is FC(F)C1CCCCC1. The Kier molecular flexibility index (Phi) is 2.43. The molecule has 54 valence electrons. The molecular formula is C7H12F2. The highest BCUT2D eigenvalue weighted by molar-refractivity contribution is 4.66. The summed E-state index contributed by atoms with van der Waals surface area (Å²) < 4.78 is 23.8. The molecule has 9 heavy (non-hydrogen) atoms. The smallest absolute Gasteiger partial charge is 0.210 e. The number of hydrogen-bond donors (Lipinski definition) is 0. The van der Waals surface area contributed by atoms with Gasteiger partial charge < -0.3 is 0 Å². The fourth-order valence-electron chi connectivity index (χ4n) is 1.39. The fourth-order valence-corrected chi connectivity index (χ4v) is 1.39. The largest absolute Gasteiger partial charge is 0.241 e. The summed E-state index contributed by atoms with van der Waals surface area (Å²) in [5.41, 5.74) is 0. The molecule has 0 aromatic heterocycles. The summed E-state index contributed by atoms with van der Waals surface area (Å²) in [5.74, 6) is -0.279. The first-order valence-electron chi connectivity index (χ1n) is 3.59. The monoisotopic (exact) mass is 134 g/mol. The summed E-state index contributed by atoms with van der Waals surface area (Å²) >= 11 is 0. The van der Waals surface area contributed by atoms with Crippen LogP contribution in [0.25, 0.3) is 0 Å². The van der Waals surface area contributed by atoms with Crippen LogP contribution in [0.5, 0.6) is 0 Å². The van der Waals surface area contributed by atoms with Crippen molar-refractivity contribution in [2.45, 2.75) is 38.5 Å². The van der Waals surface area contributed by atoms with Crippen LogP contribution >= 0.6 is 0 Å². The van der Waals surface area contributed by atoms with Crippen molar-refractivity contribution in [3.63, 3.8) is 0 Å². The molecule has 1 fully saturated rings. The van der Waals surface area contributed by atoms with Gasteiger partial charge in [-0.2, -0.15) is 0 Å². The summed E-state index contributed by atoms with van der Waals surface area (Å²) in [5, 5.41) is 0. The van der Waals surface area contributed by atoms with E-state index in [0.717, 1.165) is 32.1 Å². The van der Waals surface area contributed by atoms with Gasteiger partial charge in [-0.3, -0.25) is 0 Å². The molecule has 0 saturated heterocycles. The lowest BCUT2D eigenvalue weighted by Crippen LogP contribution is -2.14. The predicted molar refractivity (Wildman–Crippen MR) is 32.6 cm³/mol. The minimum absolute atomic E-state index is 0.279. The van der Waals surface area contributed by atoms with Crippen LogP contribution in [0.3, 0.4) is 0 Å². The van der Waals surface area contributed by atoms with Gasteiger partial charge in [0.05, 0.1) is 0 Å². The molecule has 1 aliphatic rings. The Balaban J connectivity index is 2.23. The molecule has 0 nitrogen and oxygen atoms in total. The third-order valence-electron chi connectivity index (χ3n) is 2.01. The van der Waals surface area contributed by atoms with E-state index in [4.69, 9.17) is 0 Å². The second kappa shape index (κ2) is 3.14. The van der Waals surface area contributed by atoms with E-state index in [1.54, 1.807) is 0 Å². The van der Waals surface area contributed by atoms with E-state index in [-0.39, 0.29) is 5.92 Å². The molecule has 0 radical (unpaired) electrons. The molecule has 1 saturated carbocycles. The average molecular weight is 134 g/mol. The molecule has 0 aliphatic heterocycles. The number of hydrogen-bond acceptors (Lipinski definition) is 0. The van der Waals surface area contributed by atoms with Crippen molar-refractivity contribution in [1.82, 2.24) is 0 Å². The van der Waals surface area contributed by atoms with E-state index in [1.165, 1.54) is 0 Å². The zero-order valence-electron chi connectivity index (χ0n) is 5.45. The lowest BCUT2D eigenvalue weighted by molar-refractivity contribution is 0.0563. The van der Waals surface area contributed by atoms with Crippen LogP contribution in [0.1, 0.15) is 32.1 Å². The van der Waals surface area contributed by atoms with Crippen molar-refractivity contribution >= 4 is 0 Å². The average Bonchev–Trinajstić information content (AvgIpc) is 1.90. The minimum atomic E-state index is -2.06. The molecule has 0 aromatic rings. The van der Waals surface area contributed by atoms with Gasteiger partial charge in [0.1, 0.15) is 0 Å². The first-order valence-corrected chi connectivity index (χ1v) is 3.59. The Hall–Kier alpha value is -0.140. The number of halogens is 2. The molecule has 0 atom stereocenters. The predicted octanol–water partition coefficient (Wildman–Crippen LogP) is 2.83. The normalized spacial score (nSPS) is 23.0. The van der Waals surface area contributed by atoms with Crippen molar-refractivity contribution < 1.29 is 8.78 Å². The maximum Gasteiger partial charge on any atom is 0.241 e. The summed E-state index contributed by atoms with van der Waals surface area (Å²) in [7, 11) is 0. The van der Waals surface area contributed by atoms with Crippen LogP contribution in [0.4, 0.5) is 8.78 Å². The van der Waals surface area contributed by atoms with Crippen molar-refractivity contribution in [2.75, 3.05) is 0 Å². The first-order chi connectivity index (χ1) is 4.30. The van der Waals surface area contributed by atoms with E-state index < -0.39 is 6.43 Å².